The zero-order chi connectivity index (χ0) is 20.9. The van der Waals surface area contributed by atoms with Gasteiger partial charge in [-0.2, -0.15) is 0 Å². The minimum atomic E-state index is -3.30. The molecule has 0 N–H and O–H groups in total. The molecule has 0 unspecified atom stereocenters. The van der Waals surface area contributed by atoms with Crippen molar-refractivity contribution >= 4 is 33.0 Å². The van der Waals surface area contributed by atoms with Crippen LogP contribution in [0.5, 0.6) is 0 Å². The van der Waals surface area contributed by atoms with E-state index in [2.05, 4.69) is 10.2 Å². The lowest BCUT2D eigenvalue weighted by molar-refractivity contribution is 0.0790. The zero-order valence-electron chi connectivity index (χ0n) is 16.3. The minimum absolute atomic E-state index is 0.0188. The van der Waals surface area contributed by atoms with Crippen molar-refractivity contribution in [1.82, 2.24) is 15.1 Å². The maximum absolute atomic E-state index is 13.0. The monoisotopic (exact) mass is 444 g/mol. The predicted octanol–water partition coefficient (Wildman–Crippen LogP) is 2.75. The largest absolute Gasteiger partial charge is 0.420 e. The summed E-state index contributed by atoms with van der Waals surface area (Å²) in [6.07, 6.45) is 2.58. The van der Waals surface area contributed by atoms with E-state index in [9.17, 15) is 13.2 Å². The molecule has 2 aromatic heterocycles. The van der Waals surface area contributed by atoms with Crippen LogP contribution in [0.15, 0.2) is 40.1 Å². The molecule has 156 valence electrons. The lowest BCUT2D eigenvalue weighted by atomic mass is 10.1. The van der Waals surface area contributed by atoms with Crippen LogP contribution in [0.25, 0.3) is 10.8 Å². The predicted molar refractivity (Wildman–Crippen MR) is 113 cm³/mol. The van der Waals surface area contributed by atoms with Crippen LogP contribution in [0.3, 0.4) is 0 Å². The van der Waals surface area contributed by atoms with Crippen molar-refractivity contribution in [2.24, 2.45) is 0 Å². The lowest BCUT2D eigenvalue weighted by Crippen LogP contribution is -2.29. The highest BCUT2D eigenvalue weighted by molar-refractivity contribution is 7.92. The van der Waals surface area contributed by atoms with E-state index in [0.29, 0.717) is 49.1 Å². The third-order valence-electron chi connectivity index (χ3n) is 5.58. The smallest absolute Gasteiger partial charge is 0.257 e. The van der Waals surface area contributed by atoms with E-state index in [4.69, 9.17) is 4.42 Å². The Bertz CT molecular complexity index is 1200. The summed E-state index contributed by atoms with van der Waals surface area (Å²) in [6, 6.07) is 9.13. The van der Waals surface area contributed by atoms with Gasteiger partial charge in [0.05, 0.1) is 22.7 Å². The van der Waals surface area contributed by atoms with Gasteiger partial charge in [-0.3, -0.25) is 9.10 Å². The Morgan fingerprint density at radius 3 is 2.87 bits per heavy atom. The number of carbonyl (C=O) groups is 1. The second kappa shape index (κ2) is 7.21. The van der Waals surface area contributed by atoms with Gasteiger partial charge in [0.25, 0.3) is 11.8 Å². The highest BCUT2D eigenvalue weighted by atomic mass is 32.2. The Labute approximate surface area is 178 Å². The molecule has 1 saturated heterocycles. The quantitative estimate of drug-likeness (QED) is 0.614. The first kappa shape index (κ1) is 19.3. The van der Waals surface area contributed by atoms with E-state index >= 15 is 0 Å². The van der Waals surface area contributed by atoms with Crippen molar-refractivity contribution in [2.75, 3.05) is 30.2 Å². The molecular formula is C20H20N4O4S2. The van der Waals surface area contributed by atoms with Gasteiger partial charge in [-0.1, -0.05) is 6.07 Å². The number of benzene rings is 1. The third kappa shape index (κ3) is 3.39. The van der Waals surface area contributed by atoms with E-state index < -0.39 is 10.0 Å². The average Bonchev–Trinajstić information content (AvgIpc) is 3.51. The van der Waals surface area contributed by atoms with Crippen LogP contribution in [0.2, 0.25) is 0 Å². The van der Waals surface area contributed by atoms with Gasteiger partial charge in [0.2, 0.25) is 15.9 Å². The van der Waals surface area contributed by atoms with E-state index in [1.165, 1.54) is 10.6 Å². The number of hydrogen-bond donors (Lipinski definition) is 0. The van der Waals surface area contributed by atoms with Crippen molar-refractivity contribution in [3.63, 3.8) is 0 Å². The summed E-state index contributed by atoms with van der Waals surface area (Å²) in [5.74, 6) is 1.03. The fourth-order valence-electron chi connectivity index (χ4n) is 4.08. The molecule has 1 amide bonds. The van der Waals surface area contributed by atoms with Crippen LogP contribution < -0.4 is 4.31 Å². The van der Waals surface area contributed by atoms with Crippen molar-refractivity contribution in [1.29, 1.82) is 0 Å². The zero-order valence-corrected chi connectivity index (χ0v) is 17.9. The van der Waals surface area contributed by atoms with E-state index in [0.717, 1.165) is 16.9 Å². The summed E-state index contributed by atoms with van der Waals surface area (Å²) in [7, 11) is -3.30. The summed E-state index contributed by atoms with van der Waals surface area (Å²) in [5.41, 5.74) is 2.13. The molecule has 30 heavy (non-hydrogen) atoms. The topological polar surface area (TPSA) is 96.6 Å². The van der Waals surface area contributed by atoms with Crippen LogP contribution in [0.4, 0.5) is 5.69 Å². The third-order valence-corrected chi connectivity index (χ3v) is 7.61. The Morgan fingerprint density at radius 2 is 2.10 bits per heavy atom. The van der Waals surface area contributed by atoms with Gasteiger partial charge in [-0.05, 0) is 48.1 Å². The highest BCUT2D eigenvalue weighted by Crippen LogP contribution is 2.33. The van der Waals surface area contributed by atoms with Crippen LogP contribution in [0, 0.1) is 0 Å². The van der Waals surface area contributed by atoms with Gasteiger partial charge >= 0.3 is 0 Å². The number of anilines is 1. The second-order valence-electron chi connectivity index (χ2n) is 7.59. The Hall–Kier alpha value is -2.72. The molecule has 0 aliphatic carbocycles. The number of thiophene rings is 1. The molecule has 0 bridgehead atoms. The average molecular weight is 445 g/mol. The maximum atomic E-state index is 13.0. The molecule has 2 aliphatic rings. The number of aromatic nitrogens is 2. The van der Waals surface area contributed by atoms with Gasteiger partial charge in [-0.25, -0.2) is 8.42 Å². The molecule has 10 heteroatoms. The van der Waals surface area contributed by atoms with Crippen LogP contribution in [0.1, 0.15) is 34.2 Å². The number of hydrogen-bond acceptors (Lipinski definition) is 7. The maximum Gasteiger partial charge on any atom is 0.257 e. The molecule has 1 fully saturated rings. The molecule has 0 saturated carbocycles. The van der Waals surface area contributed by atoms with Gasteiger partial charge in [-0.15, -0.1) is 21.5 Å². The summed E-state index contributed by atoms with van der Waals surface area (Å²) in [4.78, 5) is 15.8. The number of sulfonamides is 1. The summed E-state index contributed by atoms with van der Waals surface area (Å²) >= 11 is 1.54. The fourth-order valence-corrected chi connectivity index (χ4v) is 5.68. The Kier molecular flexibility index (Phi) is 4.62. The first-order valence-electron chi connectivity index (χ1n) is 9.67. The molecule has 0 radical (unpaired) electrons. The number of carbonyl (C=O) groups excluding carboxylic acids is 1. The normalized spacial score (nSPS) is 18.8. The molecule has 3 aromatic rings. The standard InChI is InChI=1S/C20H20N4O4S2/c1-30(26,27)24-9-7-13-11-14(4-5-16(13)24)20(25)23-8-6-15(12-23)18-21-22-19(28-18)17-3-2-10-29-17/h2-5,10-11,15H,6-9,12H2,1H3/t15-/m0/s1. The van der Waals surface area contributed by atoms with E-state index in [1.54, 1.807) is 28.4 Å². The van der Waals surface area contributed by atoms with Crippen molar-refractivity contribution in [3.8, 4) is 10.8 Å². The van der Waals surface area contributed by atoms with Crippen LogP contribution in [-0.4, -0.2) is 55.3 Å². The van der Waals surface area contributed by atoms with Gasteiger partial charge in [0.15, 0.2) is 0 Å². The minimum Gasteiger partial charge on any atom is -0.420 e. The van der Waals surface area contributed by atoms with E-state index in [-0.39, 0.29) is 11.8 Å². The fraction of sp³-hybridized carbons (Fsp3) is 0.350. The van der Waals surface area contributed by atoms with Crippen molar-refractivity contribution in [3.05, 3.63) is 52.7 Å². The Balaban J connectivity index is 1.30. The van der Waals surface area contributed by atoms with Gasteiger partial charge in [0.1, 0.15) is 0 Å². The number of nitrogens with zero attached hydrogens (tertiary/aromatic N) is 4. The molecule has 1 atom stereocenters. The number of rotatable bonds is 4. The summed E-state index contributed by atoms with van der Waals surface area (Å²) in [5, 5.41) is 10.3. The molecular weight excluding hydrogens is 424 g/mol. The van der Waals surface area contributed by atoms with Gasteiger partial charge in [0, 0.05) is 25.2 Å². The van der Waals surface area contributed by atoms with Crippen LogP contribution >= 0.6 is 11.3 Å². The summed E-state index contributed by atoms with van der Waals surface area (Å²) in [6.45, 7) is 1.56. The number of amides is 1. The highest BCUT2D eigenvalue weighted by Gasteiger charge is 2.33. The number of fused-ring (bicyclic) bond motifs is 1. The van der Waals surface area contributed by atoms with Crippen molar-refractivity contribution < 1.29 is 17.6 Å². The molecule has 0 spiro atoms. The van der Waals surface area contributed by atoms with Crippen molar-refractivity contribution in [2.45, 2.75) is 18.8 Å². The van der Waals surface area contributed by atoms with Gasteiger partial charge < -0.3 is 9.32 Å². The molecule has 8 nitrogen and oxygen atoms in total. The second-order valence-corrected chi connectivity index (χ2v) is 10.4. The molecule has 1 aromatic carbocycles. The number of likely N-dealkylation sites (tertiary alicyclic amines) is 1. The first-order valence-corrected chi connectivity index (χ1v) is 12.4. The molecule has 2 aliphatic heterocycles. The molecule has 4 heterocycles. The first-order chi connectivity index (χ1) is 14.4. The van der Waals surface area contributed by atoms with E-state index in [1.807, 2.05) is 23.6 Å². The molecule has 5 rings (SSSR count). The summed E-state index contributed by atoms with van der Waals surface area (Å²) < 4.78 is 31.0. The Morgan fingerprint density at radius 1 is 1.23 bits per heavy atom. The lowest BCUT2D eigenvalue weighted by Gasteiger charge is -2.18. The van der Waals surface area contributed by atoms with Crippen LogP contribution in [-0.2, 0) is 16.4 Å². The SMILES string of the molecule is CS(=O)(=O)N1CCc2cc(C(=O)N3CC[C@H](c4nnc(-c5cccs5)o4)C3)ccc21.